The van der Waals surface area contributed by atoms with Crippen LogP contribution in [0.5, 0.6) is 0 Å². The third-order valence-corrected chi connectivity index (χ3v) is 5.02. The van der Waals surface area contributed by atoms with Crippen molar-refractivity contribution in [2.24, 2.45) is 0 Å². The molecule has 0 radical (unpaired) electrons. The van der Waals surface area contributed by atoms with Gasteiger partial charge in [0.1, 0.15) is 17.9 Å². The van der Waals surface area contributed by atoms with E-state index < -0.39 is 0 Å². The van der Waals surface area contributed by atoms with E-state index in [-0.39, 0.29) is 18.0 Å². The molecule has 0 spiro atoms. The van der Waals surface area contributed by atoms with Crippen LogP contribution in [0, 0.1) is 6.92 Å². The summed E-state index contributed by atoms with van der Waals surface area (Å²) in [6.07, 6.45) is 0.964. The van der Waals surface area contributed by atoms with E-state index in [1.54, 1.807) is 13.0 Å². The summed E-state index contributed by atoms with van der Waals surface area (Å²) in [5.41, 5.74) is 3.91. The van der Waals surface area contributed by atoms with Crippen molar-refractivity contribution in [3.8, 4) is 11.3 Å². The Bertz CT molecular complexity index is 1240. The van der Waals surface area contributed by atoms with Gasteiger partial charge in [0.25, 0.3) is 5.56 Å². The van der Waals surface area contributed by atoms with E-state index in [9.17, 15) is 9.59 Å². The van der Waals surface area contributed by atoms with Crippen molar-refractivity contribution < 1.29 is 4.79 Å². The molecule has 1 N–H and O–H groups in total. The number of carbonyl (C=O) groups is 1. The number of aryl methyl sites for hydroxylation is 2. The first kappa shape index (κ1) is 19.6. The van der Waals surface area contributed by atoms with Crippen LogP contribution < -0.4 is 10.9 Å². The molecule has 30 heavy (non-hydrogen) atoms. The van der Waals surface area contributed by atoms with Gasteiger partial charge in [0.2, 0.25) is 5.91 Å². The van der Waals surface area contributed by atoms with Crippen LogP contribution in [0.1, 0.15) is 23.9 Å². The molecule has 1 amide bonds. The lowest BCUT2D eigenvalue weighted by atomic mass is 10.1. The highest BCUT2D eigenvalue weighted by Crippen LogP contribution is 2.19. The summed E-state index contributed by atoms with van der Waals surface area (Å²) in [6.45, 7) is 4.13. The summed E-state index contributed by atoms with van der Waals surface area (Å²) in [5.74, 6) is 0.268. The summed E-state index contributed by atoms with van der Waals surface area (Å²) < 4.78 is 2.72. The highest BCUT2D eigenvalue weighted by atomic mass is 16.2. The zero-order chi connectivity index (χ0) is 21.1. The molecule has 2 heterocycles. The number of amides is 1. The zero-order valence-corrected chi connectivity index (χ0v) is 17.0. The third kappa shape index (κ3) is 4.00. The van der Waals surface area contributed by atoms with Gasteiger partial charge in [-0.3, -0.25) is 9.59 Å². The van der Waals surface area contributed by atoms with Crippen LogP contribution >= 0.6 is 0 Å². The summed E-state index contributed by atoms with van der Waals surface area (Å²) >= 11 is 0. The van der Waals surface area contributed by atoms with Crippen molar-refractivity contribution >= 4 is 11.4 Å². The second kappa shape index (κ2) is 8.32. The Morgan fingerprint density at radius 3 is 2.43 bits per heavy atom. The first-order valence-electron chi connectivity index (χ1n) is 9.92. The molecule has 0 bridgehead atoms. The molecule has 2 aromatic heterocycles. The minimum Gasteiger partial charge on any atom is -0.350 e. The number of carbonyl (C=O) groups excluding carboxylic acids is 1. The second-order valence-electron chi connectivity index (χ2n) is 7.15. The predicted molar refractivity (Wildman–Crippen MR) is 115 cm³/mol. The van der Waals surface area contributed by atoms with Gasteiger partial charge >= 0.3 is 0 Å². The van der Waals surface area contributed by atoms with E-state index in [1.165, 1.54) is 14.8 Å². The maximum Gasteiger partial charge on any atom is 0.293 e. The summed E-state index contributed by atoms with van der Waals surface area (Å²) in [4.78, 5) is 25.2. The number of hydrogen-bond acceptors (Lipinski definition) is 4. The van der Waals surface area contributed by atoms with Crippen LogP contribution in [0.4, 0.5) is 0 Å². The number of hydrogen-bond donors (Lipinski definition) is 1. The van der Waals surface area contributed by atoms with Gasteiger partial charge in [0, 0.05) is 12.1 Å². The van der Waals surface area contributed by atoms with Crippen LogP contribution in [-0.2, 0) is 24.3 Å². The van der Waals surface area contributed by atoms with E-state index in [4.69, 9.17) is 0 Å². The molecule has 0 fully saturated rings. The molecular formula is C23H23N5O2. The fourth-order valence-electron chi connectivity index (χ4n) is 3.32. The van der Waals surface area contributed by atoms with Gasteiger partial charge in [-0.25, -0.2) is 9.20 Å². The zero-order valence-electron chi connectivity index (χ0n) is 17.0. The Morgan fingerprint density at radius 2 is 1.73 bits per heavy atom. The monoisotopic (exact) mass is 401 g/mol. The van der Waals surface area contributed by atoms with Gasteiger partial charge in [0.05, 0.1) is 5.69 Å². The average Bonchev–Trinajstić information content (AvgIpc) is 3.23. The minimum atomic E-state index is -0.348. The first-order valence-corrected chi connectivity index (χ1v) is 9.92. The molecule has 0 unspecified atom stereocenters. The van der Waals surface area contributed by atoms with Gasteiger partial charge < -0.3 is 5.32 Å². The number of nitrogens with one attached hydrogen (secondary N) is 1. The lowest BCUT2D eigenvalue weighted by Gasteiger charge is -2.08. The Hall–Kier alpha value is -3.74. The summed E-state index contributed by atoms with van der Waals surface area (Å²) in [7, 11) is 0. The van der Waals surface area contributed by atoms with Crippen molar-refractivity contribution in [2.75, 3.05) is 0 Å². The Kier molecular flexibility index (Phi) is 5.43. The highest BCUT2D eigenvalue weighted by Gasteiger charge is 2.14. The topological polar surface area (TPSA) is 81.3 Å². The van der Waals surface area contributed by atoms with Crippen molar-refractivity contribution in [1.29, 1.82) is 0 Å². The van der Waals surface area contributed by atoms with Crippen LogP contribution in [0.2, 0.25) is 0 Å². The van der Waals surface area contributed by atoms with Crippen molar-refractivity contribution in [3.63, 3.8) is 0 Å². The van der Waals surface area contributed by atoms with Gasteiger partial charge in [-0.05, 0) is 30.5 Å². The van der Waals surface area contributed by atoms with Crippen LogP contribution in [0.25, 0.3) is 16.8 Å². The first-order chi connectivity index (χ1) is 14.5. The lowest BCUT2D eigenvalue weighted by Crippen LogP contribution is -2.34. The number of aromatic nitrogens is 4. The maximum atomic E-state index is 12.9. The molecule has 2 aromatic carbocycles. The quantitative estimate of drug-likeness (QED) is 0.539. The minimum absolute atomic E-state index is 0.144. The SMILES string of the molecule is CCc1ccc(-c2cc3c(=O)n(CC(=O)NCc4ccccc4)nc(C)n3n2)cc1. The second-order valence-corrected chi connectivity index (χ2v) is 7.15. The Balaban J connectivity index is 1.58. The molecule has 7 nitrogen and oxygen atoms in total. The number of fused-ring (bicyclic) bond motifs is 1. The van der Waals surface area contributed by atoms with Gasteiger partial charge in [-0.15, -0.1) is 0 Å². The van der Waals surface area contributed by atoms with Crippen molar-refractivity contribution in [3.05, 3.63) is 88.0 Å². The standard InChI is InChI=1S/C23H23N5O2/c1-3-17-9-11-19(12-10-17)20-13-21-23(30)27(25-16(2)28(21)26-20)15-22(29)24-14-18-7-5-4-6-8-18/h4-13H,3,14-15H2,1-2H3,(H,24,29). The lowest BCUT2D eigenvalue weighted by molar-refractivity contribution is -0.122. The van der Waals surface area contributed by atoms with E-state index in [1.807, 2.05) is 42.5 Å². The van der Waals surface area contributed by atoms with Crippen LogP contribution in [-0.4, -0.2) is 25.3 Å². The largest absolute Gasteiger partial charge is 0.350 e. The number of rotatable bonds is 6. The smallest absolute Gasteiger partial charge is 0.293 e. The summed E-state index contributed by atoms with van der Waals surface area (Å²) in [6, 6.07) is 19.5. The van der Waals surface area contributed by atoms with E-state index >= 15 is 0 Å². The maximum absolute atomic E-state index is 12.9. The van der Waals surface area contributed by atoms with Crippen LogP contribution in [0.3, 0.4) is 0 Å². The molecule has 7 heteroatoms. The fraction of sp³-hybridized carbons (Fsp3) is 0.217. The van der Waals surface area contributed by atoms with E-state index in [0.717, 1.165) is 17.5 Å². The molecular weight excluding hydrogens is 378 g/mol. The molecule has 0 saturated carbocycles. The van der Waals surface area contributed by atoms with E-state index in [0.29, 0.717) is 23.6 Å². The van der Waals surface area contributed by atoms with Crippen molar-refractivity contribution in [2.45, 2.75) is 33.4 Å². The predicted octanol–water partition coefficient (Wildman–Crippen LogP) is 2.75. The molecule has 0 atom stereocenters. The highest BCUT2D eigenvalue weighted by molar-refractivity contribution is 5.75. The molecule has 4 aromatic rings. The fourth-order valence-corrected chi connectivity index (χ4v) is 3.32. The van der Waals surface area contributed by atoms with Gasteiger partial charge in [-0.2, -0.15) is 10.2 Å². The van der Waals surface area contributed by atoms with Crippen LogP contribution in [0.15, 0.2) is 65.5 Å². The molecule has 0 aliphatic heterocycles. The number of nitrogens with zero attached hydrogens (tertiary/aromatic N) is 4. The Labute approximate surface area is 174 Å². The van der Waals surface area contributed by atoms with Crippen molar-refractivity contribution in [1.82, 2.24) is 24.7 Å². The molecule has 0 aliphatic rings. The Morgan fingerprint density at radius 1 is 1.00 bits per heavy atom. The molecule has 0 saturated heterocycles. The summed E-state index contributed by atoms with van der Waals surface area (Å²) in [5, 5.41) is 11.6. The molecule has 152 valence electrons. The van der Waals surface area contributed by atoms with Gasteiger partial charge in [0.15, 0.2) is 0 Å². The number of benzene rings is 2. The third-order valence-electron chi connectivity index (χ3n) is 5.02. The molecule has 0 aliphatic carbocycles. The normalized spacial score (nSPS) is 11.0. The van der Waals surface area contributed by atoms with E-state index in [2.05, 4.69) is 34.6 Å². The average molecular weight is 401 g/mol. The molecule has 4 rings (SSSR count). The van der Waals surface area contributed by atoms with Gasteiger partial charge in [-0.1, -0.05) is 61.5 Å².